The Kier molecular flexibility index (Phi) is 5.81. The second-order valence-corrected chi connectivity index (χ2v) is 9.22. The number of nitrogens with zero attached hydrogens (tertiary/aromatic N) is 2. The molecule has 31 heavy (non-hydrogen) atoms. The van der Waals surface area contributed by atoms with Crippen LogP contribution in [0.5, 0.6) is 0 Å². The van der Waals surface area contributed by atoms with Crippen LogP contribution in [0.25, 0.3) is 0 Å². The van der Waals surface area contributed by atoms with Gasteiger partial charge in [0.05, 0.1) is 16.7 Å². The first-order valence-electron chi connectivity index (χ1n) is 9.86. The fraction of sp³-hybridized carbons (Fsp3) is 0.261. The van der Waals surface area contributed by atoms with Gasteiger partial charge in [-0.1, -0.05) is 41.9 Å². The largest absolute Gasteiger partial charge is 0.368 e. The standard InChI is InChI=1S/C23H21ClFN3O2S/c1-12-21(31-13(2)27-12)23(30)28(20(22(26)29)14-6-4-3-5-7-14)19-9-8-16-17(19)10-15(24)11-18(16)25/h3-7,10-11,19-20H,8-9H2,1-2H3,(H2,26,29)/t19-,20-/m1/s1. The Bertz CT molecular complexity index is 1170. The zero-order valence-electron chi connectivity index (χ0n) is 17.1. The smallest absolute Gasteiger partial charge is 0.267 e. The first-order valence-corrected chi connectivity index (χ1v) is 11.1. The summed E-state index contributed by atoms with van der Waals surface area (Å²) in [6, 6.07) is 10.3. The number of carbonyl (C=O) groups is 2. The highest BCUT2D eigenvalue weighted by Gasteiger charge is 2.41. The number of halogens is 2. The van der Waals surface area contributed by atoms with Gasteiger partial charge in [-0.25, -0.2) is 9.37 Å². The molecule has 1 heterocycles. The summed E-state index contributed by atoms with van der Waals surface area (Å²) in [7, 11) is 0. The molecule has 0 saturated carbocycles. The van der Waals surface area contributed by atoms with E-state index in [4.69, 9.17) is 17.3 Å². The molecular weight excluding hydrogens is 437 g/mol. The third-order valence-electron chi connectivity index (χ3n) is 5.55. The molecule has 8 heteroatoms. The van der Waals surface area contributed by atoms with E-state index in [-0.39, 0.29) is 10.9 Å². The predicted octanol–water partition coefficient (Wildman–Crippen LogP) is 4.91. The van der Waals surface area contributed by atoms with Crippen molar-refractivity contribution in [2.45, 2.75) is 38.8 Å². The van der Waals surface area contributed by atoms with Crippen molar-refractivity contribution in [2.75, 3.05) is 0 Å². The highest BCUT2D eigenvalue weighted by molar-refractivity contribution is 7.13. The van der Waals surface area contributed by atoms with Gasteiger partial charge in [0.1, 0.15) is 16.7 Å². The van der Waals surface area contributed by atoms with Gasteiger partial charge >= 0.3 is 0 Å². The molecule has 0 fully saturated rings. The maximum absolute atomic E-state index is 14.6. The fourth-order valence-electron chi connectivity index (χ4n) is 4.29. The van der Waals surface area contributed by atoms with E-state index in [9.17, 15) is 14.0 Å². The van der Waals surface area contributed by atoms with Gasteiger partial charge in [0.2, 0.25) is 5.91 Å². The van der Waals surface area contributed by atoms with Crippen molar-refractivity contribution < 1.29 is 14.0 Å². The minimum atomic E-state index is -1.02. The molecule has 5 nitrogen and oxygen atoms in total. The molecule has 2 atom stereocenters. The number of nitrogens with two attached hydrogens (primary N) is 1. The maximum Gasteiger partial charge on any atom is 0.267 e. The summed E-state index contributed by atoms with van der Waals surface area (Å²) in [6.07, 6.45) is 0.902. The van der Waals surface area contributed by atoms with Crippen molar-refractivity contribution in [3.63, 3.8) is 0 Å². The Morgan fingerprint density at radius 1 is 1.26 bits per heavy atom. The first kappa shape index (κ1) is 21.5. The lowest BCUT2D eigenvalue weighted by Crippen LogP contribution is -2.43. The molecule has 2 N–H and O–H groups in total. The van der Waals surface area contributed by atoms with Crippen LogP contribution in [0.15, 0.2) is 42.5 Å². The molecule has 0 spiro atoms. The lowest BCUT2D eigenvalue weighted by molar-refractivity contribution is -0.123. The van der Waals surface area contributed by atoms with Crippen molar-refractivity contribution in [1.82, 2.24) is 9.88 Å². The van der Waals surface area contributed by atoms with Crippen LogP contribution in [0.2, 0.25) is 5.02 Å². The molecule has 0 bridgehead atoms. The normalized spacial score (nSPS) is 16.1. The molecule has 2 amide bonds. The number of thiazole rings is 1. The molecule has 0 aliphatic heterocycles. The molecule has 3 aromatic rings. The van der Waals surface area contributed by atoms with Crippen molar-refractivity contribution in [1.29, 1.82) is 0 Å². The Morgan fingerprint density at radius 2 is 1.97 bits per heavy atom. The first-order chi connectivity index (χ1) is 14.8. The number of hydrogen-bond acceptors (Lipinski definition) is 4. The number of carbonyl (C=O) groups excluding carboxylic acids is 2. The lowest BCUT2D eigenvalue weighted by atomic mass is 9.98. The third kappa shape index (κ3) is 3.95. The van der Waals surface area contributed by atoms with E-state index in [1.165, 1.54) is 22.3 Å². The summed E-state index contributed by atoms with van der Waals surface area (Å²) < 4.78 is 14.6. The number of hydrogen-bond donors (Lipinski definition) is 1. The van der Waals surface area contributed by atoms with Crippen LogP contribution in [-0.4, -0.2) is 21.7 Å². The molecule has 160 valence electrons. The predicted molar refractivity (Wildman–Crippen MR) is 119 cm³/mol. The van der Waals surface area contributed by atoms with Crippen LogP contribution in [0.1, 0.15) is 55.6 Å². The Labute approximate surface area is 188 Å². The summed E-state index contributed by atoms with van der Waals surface area (Å²) in [5.74, 6) is -1.42. The molecule has 0 radical (unpaired) electrons. The molecule has 2 aromatic carbocycles. The van der Waals surface area contributed by atoms with E-state index in [0.717, 1.165) is 5.01 Å². The van der Waals surface area contributed by atoms with E-state index in [1.54, 1.807) is 37.3 Å². The van der Waals surface area contributed by atoms with Gasteiger partial charge in [-0.15, -0.1) is 11.3 Å². The van der Waals surface area contributed by atoms with Crippen molar-refractivity contribution in [2.24, 2.45) is 5.73 Å². The van der Waals surface area contributed by atoms with Crippen LogP contribution in [-0.2, 0) is 11.2 Å². The average Bonchev–Trinajstić information content (AvgIpc) is 3.28. The summed E-state index contributed by atoms with van der Waals surface area (Å²) in [5.41, 5.74) is 8.14. The number of benzene rings is 2. The van der Waals surface area contributed by atoms with Gasteiger partial charge in [-0.3, -0.25) is 9.59 Å². The van der Waals surface area contributed by atoms with E-state index in [2.05, 4.69) is 4.98 Å². The van der Waals surface area contributed by atoms with Crippen molar-refractivity contribution >= 4 is 34.8 Å². The highest BCUT2D eigenvalue weighted by Crippen LogP contribution is 2.43. The minimum absolute atomic E-state index is 0.246. The van der Waals surface area contributed by atoms with E-state index in [0.29, 0.717) is 40.1 Å². The summed E-state index contributed by atoms with van der Waals surface area (Å²) in [6.45, 7) is 3.58. The lowest BCUT2D eigenvalue weighted by Gasteiger charge is -2.35. The van der Waals surface area contributed by atoms with Gasteiger partial charge in [-0.05, 0) is 55.5 Å². The Morgan fingerprint density at radius 3 is 2.58 bits per heavy atom. The van der Waals surface area contributed by atoms with Crippen LogP contribution in [0, 0.1) is 19.7 Å². The highest BCUT2D eigenvalue weighted by atomic mass is 35.5. The number of fused-ring (bicyclic) bond motifs is 1. The topological polar surface area (TPSA) is 76.3 Å². The van der Waals surface area contributed by atoms with Gasteiger partial charge in [0.15, 0.2) is 0 Å². The van der Waals surface area contributed by atoms with Crippen LogP contribution >= 0.6 is 22.9 Å². The molecule has 1 aliphatic rings. The van der Waals surface area contributed by atoms with E-state index < -0.39 is 23.8 Å². The van der Waals surface area contributed by atoms with E-state index in [1.807, 2.05) is 13.0 Å². The second kappa shape index (κ2) is 8.40. The Hall–Kier alpha value is -2.77. The molecule has 0 saturated heterocycles. The summed E-state index contributed by atoms with van der Waals surface area (Å²) >= 11 is 7.41. The minimum Gasteiger partial charge on any atom is -0.368 e. The molecule has 1 aliphatic carbocycles. The number of rotatable bonds is 5. The molecule has 1 aromatic heterocycles. The van der Waals surface area contributed by atoms with E-state index >= 15 is 0 Å². The van der Waals surface area contributed by atoms with Crippen molar-refractivity contribution in [3.05, 3.63) is 85.6 Å². The SMILES string of the molecule is Cc1nc(C)c(C(=O)N([C@@H]2CCc3c(F)cc(Cl)cc32)[C@@H](C(N)=O)c2ccccc2)s1. The number of aromatic nitrogens is 1. The molecular formula is C23H21ClFN3O2S. The monoisotopic (exact) mass is 457 g/mol. The zero-order valence-corrected chi connectivity index (χ0v) is 18.6. The number of primary amides is 1. The second-order valence-electron chi connectivity index (χ2n) is 7.59. The van der Waals surface area contributed by atoms with Gasteiger partial charge < -0.3 is 10.6 Å². The summed E-state index contributed by atoms with van der Waals surface area (Å²) in [4.78, 5) is 32.8. The van der Waals surface area contributed by atoms with Crippen molar-refractivity contribution in [3.8, 4) is 0 Å². The average molecular weight is 458 g/mol. The van der Waals surface area contributed by atoms with Gasteiger partial charge in [0.25, 0.3) is 5.91 Å². The maximum atomic E-state index is 14.6. The third-order valence-corrected chi connectivity index (χ3v) is 6.83. The van der Waals surface area contributed by atoms with Crippen LogP contribution < -0.4 is 5.73 Å². The zero-order chi connectivity index (χ0) is 22.3. The quantitative estimate of drug-likeness (QED) is 0.591. The fourth-order valence-corrected chi connectivity index (χ4v) is 5.37. The number of aryl methyl sites for hydroxylation is 2. The van der Waals surface area contributed by atoms with Gasteiger partial charge in [0, 0.05) is 5.02 Å². The van der Waals surface area contributed by atoms with Gasteiger partial charge in [-0.2, -0.15) is 0 Å². The van der Waals surface area contributed by atoms with Crippen LogP contribution in [0.3, 0.4) is 0 Å². The van der Waals surface area contributed by atoms with Crippen LogP contribution in [0.4, 0.5) is 4.39 Å². The summed E-state index contributed by atoms with van der Waals surface area (Å²) in [5, 5.41) is 0.993. The Balaban J connectivity index is 1.90. The molecule has 0 unspecified atom stereocenters. The molecule has 4 rings (SSSR count). The number of amides is 2.